The van der Waals surface area contributed by atoms with Crippen molar-refractivity contribution in [3.8, 4) is 0 Å². The molecular formula is C12H13ClN2O. The molecule has 0 bridgehead atoms. The van der Waals surface area contributed by atoms with E-state index in [1.807, 2.05) is 18.2 Å². The summed E-state index contributed by atoms with van der Waals surface area (Å²) in [6.07, 6.45) is 2.12. The van der Waals surface area contributed by atoms with Gasteiger partial charge in [0, 0.05) is 17.5 Å². The molecule has 3 nitrogen and oxygen atoms in total. The number of nitrogens with zero attached hydrogens (tertiary/aromatic N) is 1. The van der Waals surface area contributed by atoms with E-state index < -0.39 is 0 Å². The molecule has 0 aliphatic carbocycles. The third kappa shape index (κ3) is 1.93. The van der Waals surface area contributed by atoms with Crippen molar-refractivity contribution in [2.45, 2.75) is 12.8 Å². The van der Waals surface area contributed by atoms with Crippen molar-refractivity contribution in [3.63, 3.8) is 0 Å². The number of rotatable bonds is 2. The average molecular weight is 237 g/mol. The predicted octanol–water partition coefficient (Wildman–Crippen LogP) is 2.63. The Labute approximate surface area is 98.8 Å². The van der Waals surface area contributed by atoms with Gasteiger partial charge in [-0.25, -0.2) is 4.98 Å². The van der Waals surface area contributed by atoms with Gasteiger partial charge >= 0.3 is 0 Å². The third-order valence-electron chi connectivity index (χ3n) is 3.02. The predicted molar refractivity (Wildman–Crippen MR) is 63.7 cm³/mol. The topological polar surface area (TPSA) is 38.1 Å². The molecule has 1 aliphatic rings. The number of nitrogens with one attached hydrogen (secondary N) is 1. The molecule has 1 aliphatic heterocycles. The van der Waals surface area contributed by atoms with Gasteiger partial charge in [0.05, 0.1) is 0 Å². The zero-order valence-corrected chi connectivity index (χ0v) is 9.63. The van der Waals surface area contributed by atoms with E-state index in [0.29, 0.717) is 10.9 Å². The van der Waals surface area contributed by atoms with E-state index >= 15 is 0 Å². The second kappa shape index (κ2) is 4.07. The molecule has 3 rings (SSSR count). The summed E-state index contributed by atoms with van der Waals surface area (Å²) >= 11 is 5.90. The van der Waals surface area contributed by atoms with Crippen LogP contribution >= 0.6 is 11.6 Å². The zero-order chi connectivity index (χ0) is 11.0. The molecule has 16 heavy (non-hydrogen) atoms. The van der Waals surface area contributed by atoms with Gasteiger partial charge in [-0.2, -0.15) is 0 Å². The van der Waals surface area contributed by atoms with Gasteiger partial charge < -0.3 is 9.73 Å². The lowest BCUT2D eigenvalue weighted by molar-refractivity contribution is 0.462. The van der Waals surface area contributed by atoms with Crippen molar-refractivity contribution in [3.05, 3.63) is 29.1 Å². The smallest absolute Gasteiger partial charge is 0.195 e. The van der Waals surface area contributed by atoms with Crippen molar-refractivity contribution in [2.24, 2.45) is 5.92 Å². The molecule has 1 unspecified atom stereocenters. The highest BCUT2D eigenvalue weighted by Crippen LogP contribution is 2.22. The molecule has 1 fully saturated rings. The fraction of sp³-hybridized carbons (Fsp3) is 0.417. The van der Waals surface area contributed by atoms with Crippen LogP contribution in [0.3, 0.4) is 0 Å². The maximum absolute atomic E-state index is 5.90. The van der Waals surface area contributed by atoms with Crippen LogP contribution in [0, 0.1) is 5.92 Å². The molecule has 2 aromatic rings. The summed E-state index contributed by atoms with van der Waals surface area (Å²) < 4.78 is 5.69. The Balaban J connectivity index is 1.86. The molecule has 2 heterocycles. The van der Waals surface area contributed by atoms with Gasteiger partial charge in [0.2, 0.25) is 0 Å². The van der Waals surface area contributed by atoms with Crippen molar-refractivity contribution in [1.82, 2.24) is 10.3 Å². The SMILES string of the molecule is Clc1ccc2nc(CC3CCNC3)oc2c1. The first-order chi connectivity index (χ1) is 7.81. The van der Waals surface area contributed by atoms with E-state index in [2.05, 4.69) is 10.3 Å². The third-order valence-corrected chi connectivity index (χ3v) is 3.26. The fourth-order valence-electron chi connectivity index (χ4n) is 2.17. The summed E-state index contributed by atoms with van der Waals surface area (Å²) in [5, 5.41) is 4.04. The number of hydrogen-bond acceptors (Lipinski definition) is 3. The van der Waals surface area contributed by atoms with E-state index in [-0.39, 0.29) is 0 Å². The maximum atomic E-state index is 5.90. The number of aromatic nitrogens is 1. The molecule has 0 amide bonds. The highest BCUT2D eigenvalue weighted by atomic mass is 35.5. The lowest BCUT2D eigenvalue weighted by atomic mass is 10.1. The lowest BCUT2D eigenvalue weighted by Crippen LogP contribution is -2.10. The van der Waals surface area contributed by atoms with E-state index in [4.69, 9.17) is 16.0 Å². The average Bonchev–Trinajstić information content (AvgIpc) is 2.86. The molecule has 1 saturated heterocycles. The standard InChI is InChI=1S/C12H13ClN2O/c13-9-1-2-10-11(6-9)16-12(15-10)5-8-3-4-14-7-8/h1-2,6,8,14H,3-5,7H2. The minimum Gasteiger partial charge on any atom is -0.441 e. The van der Waals surface area contributed by atoms with Gasteiger partial charge in [0.15, 0.2) is 11.5 Å². The molecular weight excluding hydrogens is 224 g/mol. The first-order valence-corrected chi connectivity index (χ1v) is 5.95. The maximum Gasteiger partial charge on any atom is 0.195 e. The first-order valence-electron chi connectivity index (χ1n) is 5.57. The fourth-order valence-corrected chi connectivity index (χ4v) is 2.33. The number of fused-ring (bicyclic) bond motifs is 1. The number of oxazole rings is 1. The van der Waals surface area contributed by atoms with Gasteiger partial charge in [0.25, 0.3) is 0 Å². The lowest BCUT2D eigenvalue weighted by Gasteiger charge is -2.02. The van der Waals surface area contributed by atoms with Crippen molar-refractivity contribution >= 4 is 22.7 Å². The Hall–Kier alpha value is -1.06. The highest BCUT2D eigenvalue weighted by molar-refractivity contribution is 6.31. The van der Waals surface area contributed by atoms with Crippen LogP contribution in [0.2, 0.25) is 5.02 Å². The first kappa shape index (κ1) is 10.1. The van der Waals surface area contributed by atoms with Crippen LogP contribution in [0.1, 0.15) is 12.3 Å². The normalized spacial score (nSPS) is 20.7. The molecule has 1 atom stereocenters. The summed E-state index contributed by atoms with van der Waals surface area (Å²) in [5.74, 6) is 1.48. The number of hydrogen-bond donors (Lipinski definition) is 1. The van der Waals surface area contributed by atoms with Crippen molar-refractivity contribution in [2.75, 3.05) is 13.1 Å². The zero-order valence-electron chi connectivity index (χ0n) is 8.87. The largest absolute Gasteiger partial charge is 0.441 e. The van der Waals surface area contributed by atoms with Gasteiger partial charge in [-0.05, 0) is 37.6 Å². The van der Waals surface area contributed by atoms with Crippen LogP contribution in [0.25, 0.3) is 11.1 Å². The summed E-state index contributed by atoms with van der Waals surface area (Å²) in [4.78, 5) is 4.46. The molecule has 1 aromatic heterocycles. The minimum atomic E-state index is 0.656. The number of halogens is 1. The molecule has 1 aromatic carbocycles. The van der Waals surface area contributed by atoms with Gasteiger partial charge in [0.1, 0.15) is 5.52 Å². The van der Waals surface area contributed by atoms with E-state index in [0.717, 1.165) is 36.5 Å². The van der Waals surface area contributed by atoms with Crippen LogP contribution in [-0.4, -0.2) is 18.1 Å². The Morgan fingerprint density at radius 1 is 1.50 bits per heavy atom. The van der Waals surface area contributed by atoms with E-state index in [1.165, 1.54) is 6.42 Å². The van der Waals surface area contributed by atoms with Crippen LogP contribution in [0.15, 0.2) is 22.6 Å². The molecule has 0 spiro atoms. The van der Waals surface area contributed by atoms with Crippen LogP contribution in [0.4, 0.5) is 0 Å². The van der Waals surface area contributed by atoms with Gasteiger partial charge in [-0.15, -0.1) is 0 Å². The number of benzene rings is 1. The molecule has 0 radical (unpaired) electrons. The summed E-state index contributed by atoms with van der Waals surface area (Å²) in [6.45, 7) is 2.18. The quantitative estimate of drug-likeness (QED) is 0.871. The second-order valence-electron chi connectivity index (χ2n) is 4.28. The van der Waals surface area contributed by atoms with Gasteiger partial charge in [-0.1, -0.05) is 11.6 Å². The summed E-state index contributed by atoms with van der Waals surface area (Å²) in [7, 11) is 0. The summed E-state index contributed by atoms with van der Waals surface area (Å²) in [5.41, 5.74) is 1.68. The molecule has 1 N–H and O–H groups in total. The summed E-state index contributed by atoms with van der Waals surface area (Å²) in [6, 6.07) is 5.56. The molecule has 84 valence electrons. The minimum absolute atomic E-state index is 0.656. The Morgan fingerprint density at radius 2 is 2.44 bits per heavy atom. The van der Waals surface area contributed by atoms with Crippen molar-refractivity contribution in [1.29, 1.82) is 0 Å². The Bertz CT molecular complexity index is 503. The molecule has 0 saturated carbocycles. The van der Waals surface area contributed by atoms with Crippen LogP contribution in [0.5, 0.6) is 0 Å². The van der Waals surface area contributed by atoms with Gasteiger partial charge in [-0.3, -0.25) is 0 Å². The second-order valence-corrected chi connectivity index (χ2v) is 4.72. The highest BCUT2D eigenvalue weighted by Gasteiger charge is 2.17. The van der Waals surface area contributed by atoms with Crippen LogP contribution in [-0.2, 0) is 6.42 Å². The van der Waals surface area contributed by atoms with Crippen LogP contribution < -0.4 is 5.32 Å². The Kier molecular flexibility index (Phi) is 2.58. The molecule has 4 heteroatoms. The van der Waals surface area contributed by atoms with Crippen molar-refractivity contribution < 1.29 is 4.42 Å². The van der Waals surface area contributed by atoms with E-state index in [9.17, 15) is 0 Å². The van der Waals surface area contributed by atoms with E-state index in [1.54, 1.807) is 0 Å². The monoisotopic (exact) mass is 236 g/mol. The Morgan fingerprint density at radius 3 is 3.25 bits per heavy atom.